The zero-order valence-corrected chi connectivity index (χ0v) is 11.7. The highest BCUT2D eigenvalue weighted by atomic mass is 16.4. The minimum atomic E-state index is -0.613. The molecule has 0 aromatic carbocycles. The Labute approximate surface area is 115 Å². The first-order chi connectivity index (χ1) is 9.22. The van der Waals surface area contributed by atoms with Gasteiger partial charge in [-0.1, -0.05) is 12.8 Å². The van der Waals surface area contributed by atoms with Crippen LogP contribution in [0.15, 0.2) is 0 Å². The Morgan fingerprint density at radius 1 is 1.16 bits per heavy atom. The van der Waals surface area contributed by atoms with Crippen molar-refractivity contribution in [2.24, 2.45) is 11.8 Å². The lowest BCUT2D eigenvalue weighted by Crippen LogP contribution is -2.52. The van der Waals surface area contributed by atoms with Crippen molar-refractivity contribution >= 4 is 5.97 Å². The van der Waals surface area contributed by atoms with Gasteiger partial charge >= 0.3 is 5.97 Å². The smallest absolute Gasteiger partial charge is 0.307 e. The van der Waals surface area contributed by atoms with Crippen LogP contribution in [0.4, 0.5) is 0 Å². The molecule has 0 bridgehead atoms. The van der Waals surface area contributed by atoms with E-state index in [2.05, 4.69) is 10.2 Å². The Kier molecular flexibility index (Phi) is 4.08. The molecule has 1 heterocycles. The number of aliphatic carboxylic acids is 1. The lowest BCUT2D eigenvalue weighted by Gasteiger charge is -2.37. The Hall–Kier alpha value is -0.610. The summed E-state index contributed by atoms with van der Waals surface area (Å²) in [5, 5.41) is 13.0. The van der Waals surface area contributed by atoms with E-state index in [1.165, 1.54) is 38.5 Å². The number of hydrogen-bond donors (Lipinski definition) is 2. The van der Waals surface area contributed by atoms with Crippen LogP contribution in [0.3, 0.4) is 0 Å². The highest BCUT2D eigenvalue weighted by Crippen LogP contribution is 2.31. The van der Waals surface area contributed by atoms with Crippen LogP contribution < -0.4 is 5.32 Å². The van der Waals surface area contributed by atoms with E-state index in [0.717, 1.165) is 32.0 Å². The van der Waals surface area contributed by atoms with E-state index in [-0.39, 0.29) is 5.92 Å². The third-order valence-corrected chi connectivity index (χ3v) is 5.06. The summed E-state index contributed by atoms with van der Waals surface area (Å²) < 4.78 is 0. The predicted octanol–water partition coefficient (Wildman–Crippen LogP) is 1.70. The molecule has 0 amide bonds. The van der Waals surface area contributed by atoms with Gasteiger partial charge < -0.3 is 10.4 Å². The van der Waals surface area contributed by atoms with Crippen molar-refractivity contribution in [3.8, 4) is 0 Å². The zero-order valence-electron chi connectivity index (χ0n) is 11.7. The summed E-state index contributed by atoms with van der Waals surface area (Å²) in [7, 11) is 0. The molecule has 2 aliphatic carbocycles. The second kappa shape index (κ2) is 5.80. The average Bonchev–Trinajstić information content (AvgIpc) is 3.13. The molecule has 0 aromatic rings. The summed E-state index contributed by atoms with van der Waals surface area (Å²) in [5.74, 6) is 0.0491. The quantitative estimate of drug-likeness (QED) is 0.795. The SMILES string of the molecule is O=C(O)C1CC(NCC2CCCC2)CN(C2CC2)C1. The molecule has 0 radical (unpaired) electrons. The Balaban J connectivity index is 1.51. The fourth-order valence-corrected chi connectivity index (χ4v) is 3.75. The van der Waals surface area contributed by atoms with Crippen LogP contribution in [0, 0.1) is 11.8 Å². The van der Waals surface area contributed by atoms with Gasteiger partial charge in [0, 0.05) is 25.2 Å². The number of nitrogens with one attached hydrogen (secondary N) is 1. The van der Waals surface area contributed by atoms with E-state index in [1.807, 2.05) is 0 Å². The molecule has 19 heavy (non-hydrogen) atoms. The van der Waals surface area contributed by atoms with E-state index in [4.69, 9.17) is 0 Å². The molecule has 4 heteroatoms. The third kappa shape index (κ3) is 3.48. The van der Waals surface area contributed by atoms with Crippen molar-refractivity contribution < 1.29 is 9.90 Å². The van der Waals surface area contributed by atoms with Gasteiger partial charge in [0.15, 0.2) is 0 Å². The summed E-state index contributed by atoms with van der Waals surface area (Å²) in [4.78, 5) is 13.7. The second-order valence-electron chi connectivity index (χ2n) is 6.71. The van der Waals surface area contributed by atoms with Crippen LogP contribution in [0.1, 0.15) is 44.9 Å². The molecule has 108 valence electrons. The van der Waals surface area contributed by atoms with E-state index in [1.54, 1.807) is 0 Å². The summed E-state index contributed by atoms with van der Waals surface area (Å²) in [6, 6.07) is 1.06. The molecule has 1 saturated heterocycles. The number of hydrogen-bond acceptors (Lipinski definition) is 3. The molecule has 4 nitrogen and oxygen atoms in total. The summed E-state index contributed by atoms with van der Waals surface area (Å²) in [5.41, 5.74) is 0. The highest BCUT2D eigenvalue weighted by Gasteiger charge is 2.38. The monoisotopic (exact) mass is 266 g/mol. The van der Waals surface area contributed by atoms with Crippen LogP contribution in [0.5, 0.6) is 0 Å². The first-order valence-corrected chi connectivity index (χ1v) is 7.92. The lowest BCUT2D eigenvalue weighted by molar-refractivity contribution is -0.144. The van der Waals surface area contributed by atoms with Crippen molar-refractivity contribution in [3.05, 3.63) is 0 Å². The van der Waals surface area contributed by atoms with Gasteiger partial charge in [-0.25, -0.2) is 0 Å². The normalized spacial score (nSPS) is 33.7. The fraction of sp³-hybridized carbons (Fsp3) is 0.933. The van der Waals surface area contributed by atoms with Crippen molar-refractivity contribution in [3.63, 3.8) is 0 Å². The first kappa shape index (κ1) is 13.4. The van der Waals surface area contributed by atoms with Crippen LogP contribution in [-0.4, -0.2) is 47.7 Å². The van der Waals surface area contributed by atoms with Gasteiger partial charge in [0.2, 0.25) is 0 Å². The molecule has 3 fully saturated rings. The maximum atomic E-state index is 11.3. The first-order valence-electron chi connectivity index (χ1n) is 7.92. The molecule has 2 N–H and O–H groups in total. The summed E-state index contributed by atoms with van der Waals surface area (Å²) >= 11 is 0. The van der Waals surface area contributed by atoms with E-state index in [9.17, 15) is 9.90 Å². The molecule has 3 aliphatic rings. The van der Waals surface area contributed by atoms with Crippen LogP contribution in [0.2, 0.25) is 0 Å². The lowest BCUT2D eigenvalue weighted by atomic mass is 9.93. The number of carboxylic acid groups (broad SMARTS) is 1. The number of carbonyl (C=O) groups is 1. The van der Waals surface area contributed by atoms with Gasteiger partial charge in [-0.2, -0.15) is 0 Å². The predicted molar refractivity (Wildman–Crippen MR) is 74.1 cm³/mol. The Morgan fingerprint density at radius 3 is 2.53 bits per heavy atom. The molecule has 0 aromatic heterocycles. The van der Waals surface area contributed by atoms with Crippen molar-refractivity contribution in [2.75, 3.05) is 19.6 Å². The minimum Gasteiger partial charge on any atom is -0.481 e. The molecule has 2 atom stereocenters. The van der Waals surface area contributed by atoms with Gasteiger partial charge in [0.1, 0.15) is 0 Å². The molecular formula is C15H26N2O2. The topological polar surface area (TPSA) is 52.6 Å². The molecular weight excluding hydrogens is 240 g/mol. The average molecular weight is 266 g/mol. The largest absolute Gasteiger partial charge is 0.481 e. The number of piperidine rings is 1. The van der Waals surface area contributed by atoms with Crippen molar-refractivity contribution in [1.29, 1.82) is 0 Å². The maximum Gasteiger partial charge on any atom is 0.307 e. The summed E-state index contributed by atoms with van der Waals surface area (Å²) in [6.45, 7) is 2.91. The zero-order chi connectivity index (χ0) is 13.2. The molecule has 0 spiro atoms. The van der Waals surface area contributed by atoms with Crippen LogP contribution in [0.25, 0.3) is 0 Å². The molecule has 1 aliphatic heterocycles. The van der Waals surface area contributed by atoms with Gasteiger partial charge in [-0.05, 0) is 44.6 Å². The van der Waals surface area contributed by atoms with E-state index < -0.39 is 5.97 Å². The number of rotatable bonds is 5. The Bertz CT molecular complexity index is 324. The fourth-order valence-electron chi connectivity index (χ4n) is 3.75. The van der Waals surface area contributed by atoms with Gasteiger partial charge in [-0.3, -0.25) is 9.69 Å². The standard InChI is InChI=1S/C15H26N2O2/c18-15(19)12-7-13(10-17(9-12)14-5-6-14)16-8-11-3-1-2-4-11/h11-14,16H,1-10H2,(H,18,19). The van der Waals surface area contributed by atoms with Crippen molar-refractivity contribution in [1.82, 2.24) is 10.2 Å². The second-order valence-corrected chi connectivity index (χ2v) is 6.71. The number of carboxylic acids is 1. The highest BCUT2D eigenvalue weighted by molar-refractivity contribution is 5.70. The summed E-state index contributed by atoms with van der Waals surface area (Å²) in [6.07, 6.45) is 8.81. The van der Waals surface area contributed by atoms with Gasteiger partial charge in [0.05, 0.1) is 5.92 Å². The van der Waals surface area contributed by atoms with Crippen LogP contribution >= 0.6 is 0 Å². The maximum absolute atomic E-state index is 11.3. The van der Waals surface area contributed by atoms with Crippen molar-refractivity contribution in [2.45, 2.75) is 57.0 Å². The van der Waals surface area contributed by atoms with E-state index >= 15 is 0 Å². The molecule has 2 unspecified atom stereocenters. The molecule has 3 rings (SSSR count). The number of likely N-dealkylation sites (tertiary alicyclic amines) is 1. The molecule has 2 saturated carbocycles. The third-order valence-electron chi connectivity index (χ3n) is 5.06. The minimum absolute atomic E-state index is 0.171. The Morgan fingerprint density at radius 2 is 1.89 bits per heavy atom. The van der Waals surface area contributed by atoms with Crippen LogP contribution in [-0.2, 0) is 4.79 Å². The van der Waals surface area contributed by atoms with E-state index in [0.29, 0.717) is 12.1 Å². The number of nitrogens with zero attached hydrogens (tertiary/aromatic N) is 1. The van der Waals surface area contributed by atoms with Gasteiger partial charge in [-0.15, -0.1) is 0 Å². The van der Waals surface area contributed by atoms with Gasteiger partial charge in [0.25, 0.3) is 0 Å².